The van der Waals surface area contributed by atoms with Gasteiger partial charge in [0.05, 0.1) is 12.1 Å². The molecule has 1 aromatic carbocycles. The Hall–Kier alpha value is -2.03. The summed E-state index contributed by atoms with van der Waals surface area (Å²) in [5.74, 6) is 0.511. The van der Waals surface area contributed by atoms with Crippen LogP contribution in [0, 0.1) is 0 Å². The Kier molecular flexibility index (Phi) is 5.64. The molecule has 2 aromatic rings. The van der Waals surface area contributed by atoms with Crippen molar-refractivity contribution in [3.8, 4) is 11.4 Å². The molecule has 3 rings (SSSR count). The second kappa shape index (κ2) is 7.49. The second-order valence-corrected chi connectivity index (χ2v) is 5.24. The molecule has 0 aliphatic carbocycles. The summed E-state index contributed by atoms with van der Waals surface area (Å²) in [7, 11) is 0. The number of carbonyl (C=O) groups is 1. The molecular formula is C14H19ClN6O2. The van der Waals surface area contributed by atoms with Crippen LogP contribution >= 0.6 is 12.4 Å². The molecule has 2 heterocycles. The average molecular weight is 339 g/mol. The molecule has 1 aromatic heterocycles. The zero-order chi connectivity index (χ0) is 15.5. The van der Waals surface area contributed by atoms with Crippen molar-refractivity contribution in [3.05, 3.63) is 24.3 Å². The number of anilines is 1. The Morgan fingerprint density at radius 2 is 2.35 bits per heavy atom. The minimum atomic E-state index is -0.462. The van der Waals surface area contributed by atoms with Crippen molar-refractivity contribution in [3.63, 3.8) is 0 Å². The molecule has 1 fully saturated rings. The van der Waals surface area contributed by atoms with E-state index in [1.54, 1.807) is 4.68 Å². The lowest BCUT2D eigenvalue weighted by molar-refractivity contribution is -0.117. The van der Waals surface area contributed by atoms with E-state index in [2.05, 4.69) is 26.2 Å². The molecule has 0 spiro atoms. The summed E-state index contributed by atoms with van der Waals surface area (Å²) < 4.78 is 1.69. The van der Waals surface area contributed by atoms with Crippen LogP contribution in [0.4, 0.5) is 5.69 Å². The lowest BCUT2D eigenvalue weighted by Gasteiger charge is -2.11. The molecule has 2 unspecified atom stereocenters. The number of aliphatic hydroxyl groups excluding tert-OH is 1. The number of halogens is 1. The molecule has 0 radical (unpaired) electrons. The smallest absolute Gasteiger partial charge is 0.241 e. The van der Waals surface area contributed by atoms with Crippen LogP contribution in [0.3, 0.4) is 0 Å². The first-order chi connectivity index (χ1) is 10.7. The molecule has 1 saturated heterocycles. The van der Waals surface area contributed by atoms with Crippen molar-refractivity contribution < 1.29 is 9.90 Å². The maximum absolute atomic E-state index is 12.2. The van der Waals surface area contributed by atoms with Gasteiger partial charge in [-0.3, -0.25) is 4.79 Å². The Morgan fingerprint density at radius 1 is 1.52 bits per heavy atom. The number of amides is 1. The summed E-state index contributed by atoms with van der Waals surface area (Å²) in [6, 6.07) is 7.02. The molecule has 124 valence electrons. The Labute approximate surface area is 139 Å². The van der Waals surface area contributed by atoms with Gasteiger partial charge in [-0.25, -0.2) is 4.68 Å². The molecule has 1 aliphatic heterocycles. The van der Waals surface area contributed by atoms with E-state index in [0.29, 0.717) is 31.0 Å². The van der Waals surface area contributed by atoms with E-state index >= 15 is 0 Å². The standard InChI is InChI=1S/C14H18N6O2.ClH/c1-2-20-13(17-18-19-20)9-4-3-5-10(6-9)16-14(22)12-7-11(21)8-15-12;/h3-6,11-12,15,21H,2,7-8H2,1H3,(H,16,22);1H. The van der Waals surface area contributed by atoms with Crippen molar-refractivity contribution in [2.45, 2.75) is 32.0 Å². The molecule has 0 bridgehead atoms. The maximum Gasteiger partial charge on any atom is 0.241 e. The topological polar surface area (TPSA) is 105 Å². The Balaban J connectivity index is 0.00000192. The van der Waals surface area contributed by atoms with E-state index in [0.717, 1.165) is 5.56 Å². The first-order valence-corrected chi connectivity index (χ1v) is 7.26. The highest BCUT2D eigenvalue weighted by molar-refractivity contribution is 5.95. The molecule has 23 heavy (non-hydrogen) atoms. The van der Waals surface area contributed by atoms with E-state index in [1.807, 2.05) is 31.2 Å². The molecule has 2 atom stereocenters. The number of nitrogens with one attached hydrogen (secondary N) is 2. The van der Waals surface area contributed by atoms with Crippen molar-refractivity contribution >= 4 is 24.0 Å². The van der Waals surface area contributed by atoms with Gasteiger partial charge in [0.1, 0.15) is 0 Å². The quantitative estimate of drug-likeness (QED) is 0.747. The van der Waals surface area contributed by atoms with Gasteiger partial charge in [0.25, 0.3) is 0 Å². The third-order valence-electron chi connectivity index (χ3n) is 3.64. The van der Waals surface area contributed by atoms with E-state index in [1.165, 1.54) is 0 Å². The van der Waals surface area contributed by atoms with Crippen molar-refractivity contribution in [2.75, 3.05) is 11.9 Å². The molecule has 9 heteroatoms. The SMILES string of the molecule is CCn1nnnc1-c1cccc(NC(=O)C2CC(O)CN2)c1.Cl. The first-order valence-electron chi connectivity index (χ1n) is 7.26. The predicted octanol–water partition coefficient (Wildman–Crippen LogP) is 0.443. The van der Waals surface area contributed by atoms with Gasteiger partial charge in [0.2, 0.25) is 5.91 Å². The molecule has 8 nitrogen and oxygen atoms in total. The zero-order valence-corrected chi connectivity index (χ0v) is 13.5. The minimum Gasteiger partial charge on any atom is -0.392 e. The van der Waals surface area contributed by atoms with Gasteiger partial charge >= 0.3 is 0 Å². The maximum atomic E-state index is 12.2. The zero-order valence-electron chi connectivity index (χ0n) is 12.6. The van der Waals surface area contributed by atoms with Crippen molar-refractivity contribution in [2.24, 2.45) is 0 Å². The third kappa shape index (κ3) is 3.84. The minimum absolute atomic E-state index is 0. The van der Waals surface area contributed by atoms with Crippen LogP contribution in [-0.4, -0.2) is 49.9 Å². The number of rotatable bonds is 4. The van der Waals surface area contributed by atoms with E-state index < -0.39 is 6.10 Å². The lowest BCUT2D eigenvalue weighted by atomic mass is 10.1. The van der Waals surface area contributed by atoms with Crippen molar-refractivity contribution in [1.82, 2.24) is 25.5 Å². The van der Waals surface area contributed by atoms with Crippen LogP contribution in [0.2, 0.25) is 0 Å². The van der Waals surface area contributed by atoms with Crippen LogP contribution in [0.5, 0.6) is 0 Å². The highest BCUT2D eigenvalue weighted by Crippen LogP contribution is 2.20. The summed E-state index contributed by atoms with van der Waals surface area (Å²) in [6.07, 6.45) is -0.0316. The summed E-state index contributed by atoms with van der Waals surface area (Å²) in [4.78, 5) is 12.2. The fourth-order valence-electron chi connectivity index (χ4n) is 2.51. The number of aliphatic hydroxyl groups is 1. The number of nitrogens with zero attached hydrogens (tertiary/aromatic N) is 4. The number of benzene rings is 1. The number of β-amino-alcohol motifs (C(OH)–C–C–N with tert-alkyl or cyclic N) is 1. The average Bonchev–Trinajstić information content (AvgIpc) is 3.15. The first kappa shape index (κ1) is 17.3. The molecular weight excluding hydrogens is 320 g/mol. The Morgan fingerprint density at radius 3 is 3.04 bits per heavy atom. The molecule has 1 aliphatic rings. The van der Waals surface area contributed by atoms with Gasteiger partial charge < -0.3 is 15.7 Å². The molecule has 0 saturated carbocycles. The second-order valence-electron chi connectivity index (χ2n) is 5.24. The van der Waals surface area contributed by atoms with Gasteiger partial charge in [-0.05, 0) is 35.9 Å². The van der Waals surface area contributed by atoms with Crippen LogP contribution in [0.15, 0.2) is 24.3 Å². The predicted molar refractivity (Wildman–Crippen MR) is 87.2 cm³/mol. The highest BCUT2D eigenvalue weighted by Gasteiger charge is 2.28. The number of carbonyl (C=O) groups excluding carboxylic acids is 1. The lowest BCUT2D eigenvalue weighted by Crippen LogP contribution is -2.35. The fourth-order valence-corrected chi connectivity index (χ4v) is 2.51. The van der Waals surface area contributed by atoms with Crippen LogP contribution in [-0.2, 0) is 11.3 Å². The van der Waals surface area contributed by atoms with Gasteiger partial charge in [0.15, 0.2) is 5.82 Å². The fraction of sp³-hybridized carbons (Fsp3) is 0.429. The molecule has 1 amide bonds. The normalized spacial score (nSPS) is 20.1. The van der Waals surface area contributed by atoms with Gasteiger partial charge in [-0.2, -0.15) is 0 Å². The third-order valence-corrected chi connectivity index (χ3v) is 3.64. The summed E-state index contributed by atoms with van der Waals surface area (Å²) in [5, 5.41) is 26.9. The van der Waals surface area contributed by atoms with E-state index in [4.69, 9.17) is 0 Å². The van der Waals surface area contributed by atoms with Crippen LogP contribution in [0.25, 0.3) is 11.4 Å². The van der Waals surface area contributed by atoms with Gasteiger partial charge in [-0.1, -0.05) is 12.1 Å². The largest absolute Gasteiger partial charge is 0.392 e. The number of hydrogen-bond donors (Lipinski definition) is 3. The number of hydrogen-bond acceptors (Lipinski definition) is 6. The molecule has 3 N–H and O–H groups in total. The highest BCUT2D eigenvalue weighted by atomic mass is 35.5. The van der Waals surface area contributed by atoms with E-state index in [9.17, 15) is 9.90 Å². The van der Waals surface area contributed by atoms with Crippen molar-refractivity contribution in [1.29, 1.82) is 0 Å². The van der Waals surface area contributed by atoms with Crippen LogP contribution < -0.4 is 10.6 Å². The van der Waals surface area contributed by atoms with Gasteiger partial charge in [-0.15, -0.1) is 17.5 Å². The monoisotopic (exact) mass is 338 g/mol. The van der Waals surface area contributed by atoms with E-state index in [-0.39, 0.29) is 24.4 Å². The number of aromatic nitrogens is 4. The number of tetrazole rings is 1. The summed E-state index contributed by atoms with van der Waals surface area (Å²) in [6.45, 7) is 3.08. The number of aryl methyl sites for hydroxylation is 1. The summed E-state index contributed by atoms with van der Waals surface area (Å²) in [5.41, 5.74) is 1.51. The van der Waals surface area contributed by atoms with Gasteiger partial charge in [0, 0.05) is 24.3 Å². The van der Waals surface area contributed by atoms with Crippen LogP contribution in [0.1, 0.15) is 13.3 Å². The Bertz CT molecular complexity index is 677. The summed E-state index contributed by atoms with van der Waals surface area (Å²) >= 11 is 0.